The van der Waals surface area contributed by atoms with Gasteiger partial charge in [-0.25, -0.2) is 4.79 Å². The fraction of sp³-hybridized carbons (Fsp3) is 0.278. The van der Waals surface area contributed by atoms with Gasteiger partial charge in [0.25, 0.3) is 0 Å². The van der Waals surface area contributed by atoms with E-state index in [9.17, 15) is 9.59 Å². The summed E-state index contributed by atoms with van der Waals surface area (Å²) in [5.74, 6) is -0.344. The van der Waals surface area contributed by atoms with Crippen LogP contribution in [0.25, 0.3) is 11.3 Å². The number of carboxylic acids is 1. The Morgan fingerprint density at radius 2 is 2.00 bits per heavy atom. The van der Waals surface area contributed by atoms with Crippen molar-refractivity contribution in [2.24, 2.45) is 5.92 Å². The van der Waals surface area contributed by atoms with Crippen LogP contribution < -0.4 is 15.4 Å². The number of hydrogen-bond donors (Lipinski definition) is 3. The molecule has 0 unspecified atom stereocenters. The van der Waals surface area contributed by atoms with E-state index in [1.54, 1.807) is 24.3 Å². The van der Waals surface area contributed by atoms with E-state index in [1.807, 2.05) is 13.8 Å². The number of anilines is 1. The van der Waals surface area contributed by atoms with Crippen LogP contribution in [-0.2, 0) is 4.79 Å². The summed E-state index contributed by atoms with van der Waals surface area (Å²) >= 11 is 5.17. The van der Waals surface area contributed by atoms with Crippen molar-refractivity contribution in [1.29, 1.82) is 0 Å². The Labute approximate surface area is 156 Å². The summed E-state index contributed by atoms with van der Waals surface area (Å²) < 4.78 is 10.6. The topological polar surface area (TPSA) is 101 Å². The smallest absolute Gasteiger partial charge is 0.371 e. The minimum atomic E-state index is -1.14. The Morgan fingerprint density at radius 1 is 1.27 bits per heavy atom. The second-order valence-electron chi connectivity index (χ2n) is 5.98. The van der Waals surface area contributed by atoms with Crippen LogP contribution in [0.15, 0.2) is 34.7 Å². The van der Waals surface area contributed by atoms with Gasteiger partial charge in [-0.3, -0.25) is 4.79 Å². The standard InChI is InChI=1S/C18H20N2O5S/c1-10(2)8-16(21)20-18(26)19-12-9-11(4-5-14(12)24-3)13-6-7-15(25-13)17(22)23/h4-7,9-10H,8H2,1-3H3,(H,22,23)(H2,19,20,21,26). The minimum absolute atomic E-state index is 0.150. The first-order chi connectivity index (χ1) is 12.3. The molecule has 0 saturated heterocycles. The van der Waals surface area contributed by atoms with Gasteiger partial charge >= 0.3 is 5.97 Å². The van der Waals surface area contributed by atoms with E-state index in [2.05, 4.69) is 10.6 Å². The summed E-state index contributed by atoms with van der Waals surface area (Å²) in [5.41, 5.74) is 1.16. The van der Waals surface area contributed by atoms with Gasteiger partial charge in [-0.15, -0.1) is 0 Å². The number of furan rings is 1. The molecule has 8 heteroatoms. The van der Waals surface area contributed by atoms with Crippen molar-refractivity contribution in [3.05, 3.63) is 36.1 Å². The first kappa shape index (κ1) is 19.5. The third-order valence-electron chi connectivity index (χ3n) is 3.40. The zero-order valence-electron chi connectivity index (χ0n) is 14.7. The molecule has 0 fully saturated rings. The van der Waals surface area contributed by atoms with E-state index < -0.39 is 5.97 Å². The second-order valence-corrected chi connectivity index (χ2v) is 6.39. The number of aromatic carboxylic acids is 1. The molecule has 0 saturated carbocycles. The molecule has 1 amide bonds. The predicted octanol–water partition coefficient (Wildman–Crippen LogP) is 3.51. The molecule has 0 radical (unpaired) electrons. The Balaban J connectivity index is 2.19. The van der Waals surface area contributed by atoms with E-state index >= 15 is 0 Å². The van der Waals surface area contributed by atoms with Crippen LogP contribution in [0.2, 0.25) is 0 Å². The maximum absolute atomic E-state index is 11.8. The highest BCUT2D eigenvalue weighted by atomic mass is 32.1. The molecule has 7 nitrogen and oxygen atoms in total. The first-order valence-corrected chi connectivity index (χ1v) is 8.33. The summed E-state index contributed by atoms with van der Waals surface area (Å²) in [4.78, 5) is 22.8. The number of rotatable bonds is 6. The number of carbonyl (C=O) groups is 2. The number of carboxylic acid groups (broad SMARTS) is 1. The summed E-state index contributed by atoms with van der Waals surface area (Å²) in [7, 11) is 1.51. The van der Waals surface area contributed by atoms with Crippen molar-refractivity contribution in [2.75, 3.05) is 12.4 Å². The van der Waals surface area contributed by atoms with Crippen molar-refractivity contribution in [3.8, 4) is 17.1 Å². The molecule has 1 aromatic heterocycles. The van der Waals surface area contributed by atoms with Gasteiger partial charge < -0.3 is 24.9 Å². The molecule has 0 aliphatic rings. The zero-order valence-corrected chi connectivity index (χ0v) is 15.5. The molecule has 2 rings (SSSR count). The molecule has 2 aromatic rings. The largest absolute Gasteiger partial charge is 0.495 e. The number of carbonyl (C=O) groups excluding carboxylic acids is 1. The van der Waals surface area contributed by atoms with Gasteiger partial charge in [0.15, 0.2) is 5.11 Å². The van der Waals surface area contributed by atoms with Crippen molar-refractivity contribution >= 4 is 34.9 Å². The molecule has 138 valence electrons. The molecule has 0 aliphatic heterocycles. The molecule has 0 spiro atoms. The summed E-state index contributed by atoms with van der Waals surface area (Å²) in [6, 6.07) is 8.07. The third-order valence-corrected chi connectivity index (χ3v) is 3.60. The van der Waals surface area contributed by atoms with Crippen molar-refractivity contribution in [3.63, 3.8) is 0 Å². The highest BCUT2D eigenvalue weighted by Gasteiger charge is 2.14. The summed E-state index contributed by atoms with van der Waals surface area (Å²) in [6.07, 6.45) is 0.364. The van der Waals surface area contributed by atoms with E-state index in [-0.39, 0.29) is 22.7 Å². The fourth-order valence-corrected chi connectivity index (χ4v) is 2.49. The molecular weight excluding hydrogens is 356 g/mol. The maximum atomic E-state index is 11.8. The van der Waals surface area contributed by atoms with Gasteiger partial charge in [-0.2, -0.15) is 0 Å². The SMILES string of the molecule is COc1ccc(-c2ccc(C(=O)O)o2)cc1NC(=S)NC(=O)CC(C)C. The van der Waals surface area contributed by atoms with E-state index in [0.717, 1.165) is 0 Å². The highest BCUT2D eigenvalue weighted by Crippen LogP contribution is 2.31. The zero-order chi connectivity index (χ0) is 19.3. The Bertz CT molecular complexity index is 829. The van der Waals surface area contributed by atoms with Gasteiger partial charge in [0, 0.05) is 12.0 Å². The number of thiocarbonyl (C=S) groups is 1. The molecule has 3 N–H and O–H groups in total. The Hall–Kier alpha value is -2.87. The highest BCUT2D eigenvalue weighted by molar-refractivity contribution is 7.80. The number of hydrogen-bond acceptors (Lipinski definition) is 5. The predicted molar refractivity (Wildman–Crippen MR) is 101 cm³/mol. The number of ether oxygens (including phenoxy) is 1. The first-order valence-electron chi connectivity index (χ1n) is 7.92. The average molecular weight is 376 g/mol. The van der Waals surface area contributed by atoms with E-state index in [1.165, 1.54) is 13.2 Å². The number of nitrogens with one attached hydrogen (secondary N) is 2. The summed E-state index contributed by atoms with van der Waals surface area (Å²) in [6.45, 7) is 3.88. The van der Waals surface area contributed by atoms with Crippen LogP contribution >= 0.6 is 12.2 Å². The van der Waals surface area contributed by atoms with Crippen molar-refractivity contribution in [1.82, 2.24) is 5.32 Å². The average Bonchev–Trinajstić information content (AvgIpc) is 3.04. The van der Waals surface area contributed by atoms with Crippen LogP contribution in [0.1, 0.15) is 30.8 Å². The van der Waals surface area contributed by atoms with Gasteiger partial charge in [-0.1, -0.05) is 13.8 Å². The van der Waals surface area contributed by atoms with Crippen LogP contribution in [0.5, 0.6) is 5.75 Å². The van der Waals surface area contributed by atoms with Crippen molar-refractivity contribution in [2.45, 2.75) is 20.3 Å². The lowest BCUT2D eigenvalue weighted by atomic mass is 10.1. The molecule has 0 atom stereocenters. The third kappa shape index (κ3) is 5.06. The summed E-state index contributed by atoms with van der Waals surface area (Å²) in [5, 5.41) is 14.6. The van der Waals surface area contributed by atoms with E-state index in [0.29, 0.717) is 29.2 Å². The quantitative estimate of drug-likeness (QED) is 0.663. The molecular formula is C18H20N2O5S. The van der Waals surface area contributed by atoms with E-state index in [4.69, 9.17) is 26.5 Å². The fourth-order valence-electron chi connectivity index (χ4n) is 2.27. The Morgan fingerprint density at radius 3 is 2.58 bits per heavy atom. The normalized spacial score (nSPS) is 10.5. The van der Waals surface area contributed by atoms with Crippen LogP contribution in [-0.4, -0.2) is 29.2 Å². The lowest BCUT2D eigenvalue weighted by Gasteiger charge is -2.14. The van der Waals surface area contributed by atoms with Crippen LogP contribution in [0.4, 0.5) is 5.69 Å². The van der Waals surface area contributed by atoms with Crippen LogP contribution in [0, 0.1) is 5.92 Å². The molecule has 1 aromatic carbocycles. The lowest BCUT2D eigenvalue weighted by molar-refractivity contribution is -0.120. The van der Waals surface area contributed by atoms with Crippen molar-refractivity contribution < 1.29 is 23.8 Å². The van der Waals surface area contributed by atoms with Gasteiger partial charge in [0.2, 0.25) is 11.7 Å². The molecule has 26 heavy (non-hydrogen) atoms. The number of benzene rings is 1. The molecule has 1 heterocycles. The Kier molecular flexibility index (Phi) is 6.35. The second kappa shape index (κ2) is 8.48. The van der Waals surface area contributed by atoms with Gasteiger partial charge in [-0.05, 0) is 48.5 Å². The van der Waals surface area contributed by atoms with Crippen LogP contribution in [0.3, 0.4) is 0 Å². The molecule has 0 aliphatic carbocycles. The molecule has 0 bridgehead atoms. The monoisotopic (exact) mass is 376 g/mol. The number of amides is 1. The lowest BCUT2D eigenvalue weighted by Crippen LogP contribution is -2.34. The van der Waals surface area contributed by atoms with Gasteiger partial charge in [0.05, 0.1) is 12.8 Å². The maximum Gasteiger partial charge on any atom is 0.371 e. The minimum Gasteiger partial charge on any atom is -0.495 e. The number of methoxy groups -OCH3 is 1. The van der Waals surface area contributed by atoms with Gasteiger partial charge in [0.1, 0.15) is 11.5 Å².